The molecule has 1 unspecified atom stereocenters. The van der Waals surface area contributed by atoms with E-state index in [-0.39, 0.29) is 18.7 Å². The molecule has 4 N–H and O–H groups in total. The van der Waals surface area contributed by atoms with Crippen molar-refractivity contribution in [2.45, 2.75) is 25.3 Å². The van der Waals surface area contributed by atoms with E-state index in [9.17, 15) is 9.59 Å². The van der Waals surface area contributed by atoms with Gasteiger partial charge in [0.25, 0.3) is 0 Å². The third-order valence-corrected chi connectivity index (χ3v) is 3.99. The Hall–Kier alpha value is -0.920. The predicted molar refractivity (Wildman–Crippen MR) is 73.6 cm³/mol. The zero-order valence-electron chi connectivity index (χ0n) is 9.69. The van der Waals surface area contributed by atoms with Crippen LogP contribution in [0.2, 0.25) is 0 Å². The molecule has 0 saturated carbocycles. The molecule has 0 aromatic carbocycles. The van der Waals surface area contributed by atoms with Gasteiger partial charge in [-0.15, -0.1) is 11.3 Å². The van der Waals surface area contributed by atoms with E-state index in [1.165, 1.54) is 4.88 Å². The van der Waals surface area contributed by atoms with Crippen molar-refractivity contribution in [3.8, 4) is 0 Å². The van der Waals surface area contributed by atoms with E-state index < -0.39 is 12.0 Å². The van der Waals surface area contributed by atoms with Crippen molar-refractivity contribution in [2.24, 2.45) is 5.73 Å². The standard InChI is InChI=1S/C11H15BrN2O3S/c12-9-3-1-7(18-9)5-6-14-11(17)8(13)2-4-10(15)16/h1,3,8H,2,4-6,13H2,(H,14,17)(H,15,16). The van der Waals surface area contributed by atoms with Crippen molar-refractivity contribution >= 4 is 39.1 Å². The summed E-state index contributed by atoms with van der Waals surface area (Å²) in [6, 6.07) is 3.20. The van der Waals surface area contributed by atoms with Crippen LogP contribution in [0, 0.1) is 0 Å². The first-order valence-corrected chi connectivity index (χ1v) is 7.09. The van der Waals surface area contributed by atoms with Gasteiger partial charge in [-0.3, -0.25) is 9.59 Å². The quantitative estimate of drug-likeness (QED) is 0.702. The van der Waals surface area contributed by atoms with Crippen molar-refractivity contribution in [1.82, 2.24) is 5.32 Å². The topological polar surface area (TPSA) is 92.4 Å². The van der Waals surface area contributed by atoms with Gasteiger partial charge in [-0.1, -0.05) is 0 Å². The van der Waals surface area contributed by atoms with E-state index in [0.717, 1.165) is 10.2 Å². The van der Waals surface area contributed by atoms with Crippen LogP contribution >= 0.6 is 27.3 Å². The second kappa shape index (κ2) is 7.50. The Morgan fingerprint density at radius 1 is 1.50 bits per heavy atom. The Morgan fingerprint density at radius 3 is 2.78 bits per heavy atom. The molecule has 1 aromatic rings. The van der Waals surface area contributed by atoms with Crippen molar-refractivity contribution in [3.05, 3.63) is 20.8 Å². The molecule has 1 atom stereocenters. The van der Waals surface area contributed by atoms with E-state index in [1.54, 1.807) is 11.3 Å². The molecule has 0 aliphatic carbocycles. The largest absolute Gasteiger partial charge is 0.481 e. The first kappa shape index (κ1) is 15.1. The third-order valence-electron chi connectivity index (χ3n) is 2.31. The van der Waals surface area contributed by atoms with Gasteiger partial charge in [0.05, 0.1) is 9.83 Å². The Balaban J connectivity index is 2.22. The molecule has 18 heavy (non-hydrogen) atoms. The third kappa shape index (κ3) is 5.61. The number of nitrogens with two attached hydrogens (primary N) is 1. The van der Waals surface area contributed by atoms with Gasteiger partial charge in [-0.25, -0.2) is 0 Å². The molecule has 1 rings (SSSR count). The molecule has 0 spiro atoms. The van der Waals surface area contributed by atoms with Crippen LogP contribution in [-0.2, 0) is 16.0 Å². The van der Waals surface area contributed by atoms with Gasteiger partial charge < -0.3 is 16.2 Å². The fraction of sp³-hybridized carbons (Fsp3) is 0.455. The zero-order valence-corrected chi connectivity index (χ0v) is 12.1. The number of aliphatic carboxylic acids is 1. The minimum absolute atomic E-state index is 0.0908. The van der Waals surface area contributed by atoms with Crippen LogP contribution in [0.3, 0.4) is 0 Å². The highest BCUT2D eigenvalue weighted by molar-refractivity contribution is 9.11. The van der Waals surface area contributed by atoms with Crippen LogP contribution in [-0.4, -0.2) is 29.6 Å². The molecule has 0 fully saturated rings. The van der Waals surface area contributed by atoms with E-state index >= 15 is 0 Å². The van der Waals surface area contributed by atoms with E-state index in [2.05, 4.69) is 21.2 Å². The fourth-order valence-corrected chi connectivity index (χ4v) is 2.82. The lowest BCUT2D eigenvalue weighted by Crippen LogP contribution is -2.41. The second-order valence-corrected chi connectivity index (χ2v) is 6.33. The predicted octanol–water partition coefficient (Wildman–Crippen LogP) is 1.36. The molecule has 1 heterocycles. The summed E-state index contributed by atoms with van der Waals surface area (Å²) in [5.74, 6) is -1.24. The lowest BCUT2D eigenvalue weighted by molar-refractivity contribution is -0.137. The highest BCUT2D eigenvalue weighted by atomic mass is 79.9. The number of hydrogen-bond donors (Lipinski definition) is 3. The zero-order chi connectivity index (χ0) is 13.5. The van der Waals surface area contributed by atoms with Crippen LogP contribution in [0.1, 0.15) is 17.7 Å². The maximum atomic E-state index is 11.5. The number of rotatable bonds is 7. The normalized spacial score (nSPS) is 12.1. The first-order chi connectivity index (χ1) is 8.49. The van der Waals surface area contributed by atoms with Crippen molar-refractivity contribution in [2.75, 3.05) is 6.54 Å². The number of carbonyl (C=O) groups excluding carboxylic acids is 1. The lowest BCUT2D eigenvalue weighted by atomic mass is 10.1. The van der Waals surface area contributed by atoms with Gasteiger partial charge in [0.2, 0.25) is 5.91 Å². The Labute approximate surface area is 118 Å². The van der Waals surface area contributed by atoms with Gasteiger partial charge in [-0.2, -0.15) is 0 Å². The Kier molecular flexibility index (Phi) is 6.31. The average molecular weight is 335 g/mol. The van der Waals surface area contributed by atoms with Gasteiger partial charge in [0.15, 0.2) is 0 Å². The molecule has 0 aliphatic heterocycles. The number of hydrogen-bond acceptors (Lipinski definition) is 4. The number of nitrogens with one attached hydrogen (secondary N) is 1. The summed E-state index contributed by atoms with van der Waals surface area (Å²) in [4.78, 5) is 23.0. The number of carboxylic acid groups (broad SMARTS) is 1. The van der Waals surface area contributed by atoms with E-state index in [4.69, 9.17) is 10.8 Å². The van der Waals surface area contributed by atoms with Gasteiger partial charge in [-0.05, 0) is 40.9 Å². The SMILES string of the molecule is NC(CCC(=O)O)C(=O)NCCc1ccc(Br)s1. The molecule has 1 amide bonds. The van der Waals surface area contributed by atoms with E-state index in [0.29, 0.717) is 6.54 Å². The lowest BCUT2D eigenvalue weighted by Gasteiger charge is -2.10. The van der Waals surface area contributed by atoms with Crippen LogP contribution in [0.15, 0.2) is 15.9 Å². The number of carboxylic acids is 1. The summed E-state index contributed by atoms with van der Waals surface area (Å²) >= 11 is 4.98. The molecule has 0 radical (unpaired) electrons. The molecule has 7 heteroatoms. The van der Waals surface area contributed by atoms with Crippen LogP contribution in [0.5, 0.6) is 0 Å². The summed E-state index contributed by atoms with van der Waals surface area (Å²) in [5.41, 5.74) is 5.57. The van der Waals surface area contributed by atoms with Crippen LogP contribution < -0.4 is 11.1 Å². The van der Waals surface area contributed by atoms with Gasteiger partial charge >= 0.3 is 5.97 Å². The second-order valence-electron chi connectivity index (χ2n) is 3.79. The molecule has 1 aromatic heterocycles. The minimum Gasteiger partial charge on any atom is -0.481 e. The van der Waals surface area contributed by atoms with Gasteiger partial charge in [0, 0.05) is 17.8 Å². The van der Waals surface area contributed by atoms with Crippen molar-refractivity contribution in [3.63, 3.8) is 0 Å². The van der Waals surface area contributed by atoms with Gasteiger partial charge in [0.1, 0.15) is 0 Å². The molecule has 0 bridgehead atoms. The van der Waals surface area contributed by atoms with Crippen molar-refractivity contribution in [1.29, 1.82) is 0 Å². The maximum Gasteiger partial charge on any atom is 0.303 e. The molecule has 0 saturated heterocycles. The van der Waals surface area contributed by atoms with E-state index in [1.807, 2.05) is 12.1 Å². The Bertz CT molecular complexity index is 422. The average Bonchev–Trinajstić information content (AvgIpc) is 2.71. The summed E-state index contributed by atoms with van der Waals surface area (Å²) in [5, 5.41) is 11.2. The van der Waals surface area contributed by atoms with Crippen molar-refractivity contribution < 1.29 is 14.7 Å². The minimum atomic E-state index is -0.943. The number of halogens is 1. The maximum absolute atomic E-state index is 11.5. The number of amides is 1. The highest BCUT2D eigenvalue weighted by Crippen LogP contribution is 2.21. The smallest absolute Gasteiger partial charge is 0.303 e. The summed E-state index contributed by atoms with van der Waals surface area (Å²) in [7, 11) is 0. The van der Waals surface area contributed by atoms with Crippen LogP contribution in [0.25, 0.3) is 0 Å². The van der Waals surface area contributed by atoms with Crippen LogP contribution in [0.4, 0.5) is 0 Å². The monoisotopic (exact) mass is 334 g/mol. The highest BCUT2D eigenvalue weighted by Gasteiger charge is 2.14. The Morgan fingerprint density at radius 2 is 2.22 bits per heavy atom. The fourth-order valence-electron chi connectivity index (χ4n) is 1.34. The molecule has 0 aliphatic rings. The number of thiophene rings is 1. The first-order valence-electron chi connectivity index (χ1n) is 5.48. The summed E-state index contributed by atoms with van der Waals surface area (Å²) < 4.78 is 1.06. The summed E-state index contributed by atoms with van der Waals surface area (Å²) in [6.45, 7) is 0.507. The molecular formula is C11H15BrN2O3S. The summed E-state index contributed by atoms with van der Waals surface area (Å²) in [6.07, 6.45) is 0.811. The molecular weight excluding hydrogens is 320 g/mol. The molecule has 100 valence electrons. The number of carbonyl (C=O) groups is 2. The molecule has 5 nitrogen and oxygen atoms in total.